The van der Waals surface area contributed by atoms with Crippen molar-refractivity contribution in [3.05, 3.63) is 54.6 Å². The molecule has 0 aliphatic carbocycles. The van der Waals surface area contributed by atoms with Crippen molar-refractivity contribution in [2.75, 3.05) is 7.11 Å². The first-order valence-electron chi connectivity index (χ1n) is 7.39. The fourth-order valence-electron chi connectivity index (χ4n) is 2.45. The minimum Gasteiger partial charge on any atom is -0.495 e. The summed E-state index contributed by atoms with van der Waals surface area (Å²) >= 11 is 0. The fraction of sp³-hybridized carbons (Fsp3) is 0.125. The van der Waals surface area contributed by atoms with Crippen LogP contribution in [0, 0.1) is 0 Å². The van der Waals surface area contributed by atoms with Gasteiger partial charge in [-0.1, -0.05) is 12.1 Å². The molecule has 3 rings (SSSR count). The molecule has 0 radical (unpaired) electrons. The van der Waals surface area contributed by atoms with Crippen molar-refractivity contribution >= 4 is 10.0 Å². The van der Waals surface area contributed by atoms with Gasteiger partial charge in [0.1, 0.15) is 16.5 Å². The molecule has 0 aliphatic heterocycles. The number of aromatic nitrogens is 3. The number of nitrogens with two attached hydrogens (primary N) is 1. The maximum absolute atomic E-state index is 13.2. The van der Waals surface area contributed by atoms with Gasteiger partial charge in [0.2, 0.25) is 10.0 Å². The molecule has 27 heavy (non-hydrogen) atoms. The molecule has 0 fully saturated rings. The van der Waals surface area contributed by atoms with Crippen LogP contribution >= 0.6 is 0 Å². The highest BCUT2D eigenvalue weighted by Crippen LogP contribution is 2.34. The molecule has 0 unspecified atom stereocenters. The second-order valence-corrected chi connectivity index (χ2v) is 6.97. The maximum atomic E-state index is 13.2. The number of alkyl halides is 3. The number of methoxy groups -OCH3 is 1. The van der Waals surface area contributed by atoms with Crippen molar-refractivity contribution in [1.82, 2.24) is 14.5 Å². The smallest absolute Gasteiger partial charge is 0.434 e. The maximum Gasteiger partial charge on any atom is 0.434 e. The van der Waals surface area contributed by atoms with Crippen molar-refractivity contribution in [3.63, 3.8) is 0 Å². The molecule has 7 nitrogen and oxygen atoms in total. The van der Waals surface area contributed by atoms with Crippen LogP contribution in [-0.4, -0.2) is 30.1 Å². The van der Waals surface area contributed by atoms with E-state index >= 15 is 0 Å². The van der Waals surface area contributed by atoms with E-state index in [1.165, 1.54) is 49.8 Å². The molecule has 2 heterocycles. The molecule has 2 aromatic heterocycles. The van der Waals surface area contributed by atoms with Gasteiger partial charge in [0.05, 0.1) is 19.0 Å². The zero-order chi connectivity index (χ0) is 19.8. The lowest BCUT2D eigenvalue weighted by Gasteiger charge is -2.12. The third kappa shape index (κ3) is 3.78. The lowest BCUT2D eigenvalue weighted by molar-refractivity contribution is -0.140. The average Bonchev–Trinajstić information content (AvgIpc) is 3.07. The number of para-hydroxylation sites is 1. The van der Waals surface area contributed by atoms with E-state index in [0.29, 0.717) is 11.9 Å². The molecule has 0 atom stereocenters. The van der Waals surface area contributed by atoms with E-state index in [0.717, 1.165) is 4.57 Å². The molecule has 0 bridgehead atoms. The van der Waals surface area contributed by atoms with Crippen LogP contribution < -0.4 is 9.88 Å². The molecule has 0 aliphatic rings. The highest BCUT2D eigenvalue weighted by atomic mass is 32.2. The second-order valence-electron chi connectivity index (χ2n) is 5.44. The Morgan fingerprint density at radius 2 is 1.89 bits per heavy atom. The van der Waals surface area contributed by atoms with Crippen LogP contribution in [0.25, 0.3) is 17.1 Å². The number of pyridine rings is 1. The van der Waals surface area contributed by atoms with Crippen LogP contribution in [-0.2, 0) is 16.2 Å². The van der Waals surface area contributed by atoms with Crippen LogP contribution in [0.1, 0.15) is 5.69 Å². The van der Waals surface area contributed by atoms with Crippen molar-refractivity contribution < 1.29 is 26.3 Å². The fourth-order valence-corrected chi connectivity index (χ4v) is 3.18. The van der Waals surface area contributed by atoms with Crippen molar-refractivity contribution in [2.45, 2.75) is 11.1 Å². The lowest BCUT2D eigenvalue weighted by Crippen LogP contribution is -2.15. The zero-order valence-corrected chi connectivity index (χ0v) is 14.6. The number of imidazole rings is 1. The van der Waals surface area contributed by atoms with Gasteiger partial charge in [-0.2, -0.15) is 13.2 Å². The van der Waals surface area contributed by atoms with Crippen LogP contribution in [0.5, 0.6) is 5.75 Å². The molecule has 0 amide bonds. The molecule has 1 aromatic carbocycles. The number of ether oxygens (including phenoxy) is 1. The lowest BCUT2D eigenvalue weighted by atomic mass is 10.2. The number of hydrogen-bond acceptors (Lipinski definition) is 5. The summed E-state index contributed by atoms with van der Waals surface area (Å²) < 4.78 is 69.5. The second kappa shape index (κ2) is 6.67. The summed E-state index contributed by atoms with van der Waals surface area (Å²) in [6.07, 6.45) is -1.36. The summed E-state index contributed by atoms with van der Waals surface area (Å²) in [5.74, 6) is 0.139. The summed E-state index contributed by atoms with van der Waals surface area (Å²) in [6.45, 7) is 0. The van der Waals surface area contributed by atoms with Crippen molar-refractivity contribution in [3.8, 4) is 22.8 Å². The Morgan fingerprint density at radius 1 is 1.19 bits per heavy atom. The summed E-state index contributed by atoms with van der Waals surface area (Å²) in [7, 11) is -2.81. The third-order valence-corrected chi connectivity index (χ3v) is 4.59. The topological polar surface area (TPSA) is 100 Å². The number of rotatable bonds is 4. The monoisotopic (exact) mass is 398 g/mol. The standard InChI is InChI=1S/C16H13F3N4O3S/c1-26-11-6-10(7-21-8-11)15-22-14(16(17,18)19)9-23(15)12-4-2-3-5-13(12)27(20,24)25/h2-9H,1H3,(H2,20,24,25). The van der Waals surface area contributed by atoms with Gasteiger partial charge in [-0.25, -0.2) is 18.5 Å². The van der Waals surface area contributed by atoms with E-state index < -0.39 is 21.9 Å². The number of nitrogens with zero attached hydrogens (tertiary/aromatic N) is 3. The zero-order valence-electron chi connectivity index (χ0n) is 13.8. The first-order chi connectivity index (χ1) is 12.6. The van der Waals surface area contributed by atoms with E-state index in [2.05, 4.69) is 9.97 Å². The predicted molar refractivity (Wildman–Crippen MR) is 89.7 cm³/mol. The van der Waals surface area contributed by atoms with Crippen LogP contribution in [0.4, 0.5) is 13.2 Å². The summed E-state index contributed by atoms with van der Waals surface area (Å²) in [5.41, 5.74) is -1.06. The Labute approximate surface area is 152 Å². The molecule has 0 saturated heterocycles. The first-order valence-corrected chi connectivity index (χ1v) is 8.94. The Hall–Kier alpha value is -2.92. The SMILES string of the molecule is COc1cncc(-c2nc(C(F)(F)F)cn2-c2ccccc2S(N)(=O)=O)c1. The van der Waals surface area contributed by atoms with Gasteiger partial charge in [-0.3, -0.25) is 9.55 Å². The van der Waals surface area contributed by atoms with Gasteiger partial charge < -0.3 is 4.74 Å². The molecule has 11 heteroatoms. The molecular weight excluding hydrogens is 385 g/mol. The quantitative estimate of drug-likeness (QED) is 0.728. The van der Waals surface area contributed by atoms with Gasteiger partial charge >= 0.3 is 6.18 Å². The number of halogens is 3. The minimum atomic E-state index is -4.73. The Bertz CT molecular complexity index is 1090. The number of hydrogen-bond donors (Lipinski definition) is 1. The molecule has 142 valence electrons. The predicted octanol–water partition coefficient (Wildman–Crippen LogP) is 2.61. The van der Waals surface area contributed by atoms with Crippen molar-refractivity contribution in [1.29, 1.82) is 0 Å². The normalized spacial score (nSPS) is 12.2. The molecule has 2 N–H and O–H groups in total. The Morgan fingerprint density at radius 3 is 2.52 bits per heavy atom. The molecule has 3 aromatic rings. The Kier molecular flexibility index (Phi) is 4.66. The van der Waals surface area contributed by atoms with E-state index in [1.54, 1.807) is 0 Å². The minimum absolute atomic E-state index is 0.0687. The average molecular weight is 398 g/mol. The molecule has 0 spiro atoms. The van der Waals surface area contributed by atoms with Gasteiger partial charge in [-0.05, 0) is 18.2 Å². The van der Waals surface area contributed by atoms with Crippen molar-refractivity contribution in [2.24, 2.45) is 5.14 Å². The van der Waals surface area contributed by atoms with Crippen LogP contribution in [0.2, 0.25) is 0 Å². The first kappa shape index (κ1) is 18.9. The van der Waals surface area contributed by atoms with Crippen LogP contribution in [0.3, 0.4) is 0 Å². The number of sulfonamides is 1. The van der Waals surface area contributed by atoms with E-state index in [4.69, 9.17) is 9.88 Å². The number of primary sulfonamides is 1. The number of benzene rings is 1. The van der Waals surface area contributed by atoms with Gasteiger partial charge in [-0.15, -0.1) is 0 Å². The van der Waals surface area contributed by atoms with Gasteiger partial charge in [0, 0.05) is 18.0 Å². The van der Waals surface area contributed by atoms with E-state index in [-0.39, 0.29) is 22.0 Å². The van der Waals surface area contributed by atoms with Crippen LogP contribution in [0.15, 0.2) is 53.8 Å². The van der Waals surface area contributed by atoms with Gasteiger partial charge in [0.15, 0.2) is 5.69 Å². The molecule has 0 saturated carbocycles. The molecular formula is C16H13F3N4O3S. The summed E-state index contributed by atoms with van der Waals surface area (Å²) in [4.78, 5) is 7.20. The summed E-state index contributed by atoms with van der Waals surface area (Å²) in [5, 5.41) is 5.21. The highest BCUT2D eigenvalue weighted by molar-refractivity contribution is 7.89. The highest BCUT2D eigenvalue weighted by Gasteiger charge is 2.35. The largest absolute Gasteiger partial charge is 0.495 e. The van der Waals surface area contributed by atoms with E-state index in [1.807, 2.05) is 0 Å². The third-order valence-electron chi connectivity index (χ3n) is 3.63. The Balaban J connectivity index is 2.32. The summed E-state index contributed by atoms with van der Waals surface area (Å²) in [6, 6.07) is 6.86. The van der Waals surface area contributed by atoms with Gasteiger partial charge in [0.25, 0.3) is 0 Å². The van der Waals surface area contributed by atoms with E-state index in [9.17, 15) is 21.6 Å².